The summed E-state index contributed by atoms with van der Waals surface area (Å²) in [6.45, 7) is 2.10. The summed E-state index contributed by atoms with van der Waals surface area (Å²) in [7, 11) is 0. The molecule has 88 valence electrons. The molecule has 0 unspecified atom stereocenters. The van der Waals surface area contributed by atoms with Gasteiger partial charge in [-0.15, -0.1) is 11.8 Å². The van der Waals surface area contributed by atoms with Crippen LogP contribution in [0.1, 0.15) is 12.5 Å². The molecule has 1 aromatic heterocycles. The molecule has 17 heavy (non-hydrogen) atoms. The van der Waals surface area contributed by atoms with Crippen LogP contribution in [0.15, 0.2) is 47.5 Å². The van der Waals surface area contributed by atoms with E-state index in [0.717, 1.165) is 17.7 Å². The lowest BCUT2D eigenvalue weighted by atomic mass is 10.2. The van der Waals surface area contributed by atoms with Crippen molar-refractivity contribution in [1.29, 1.82) is 0 Å². The summed E-state index contributed by atoms with van der Waals surface area (Å²) in [5.41, 5.74) is 1.13. The van der Waals surface area contributed by atoms with Gasteiger partial charge in [0.1, 0.15) is 5.75 Å². The van der Waals surface area contributed by atoms with E-state index in [-0.39, 0.29) is 0 Å². The molecule has 1 aromatic carbocycles. The van der Waals surface area contributed by atoms with Crippen molar-refractivity contribution in [3.05, 3.63) is 48.2 Å². The monoisotopic (exact) mass is 245 g/mol. The van der Waals surface area contributed by atoms with Gasteiger partial charge in [-0.1, -0.05) is 19.1 Å². The third-order valence-electron chi connectivity index (χ3n) is 2.49. The van der Waals surface area contributed by atoms with Gasteiger partial charge in [-0.25, -0.2) is 4.98 Å². The number of pyridine rings is 1. The van der Waals surface area contributed by atoms with Crippen molar-refractivity contribution < 1.29 is 4.74 Å². The van der Waals surface area contributed by atoms with Crippen LogP contribution in [0, 0.1) is 0 Å². The standard InChI is InChI=1S/C14H15NOS/c1-3-11-6-5-9-15-14(11)16-12-7-4-8-13(10-12)17-2/h4-10H,3H2,1-2H3. The highest BCUT2D eigenvalue weighted by atomic mass is 32.2. The Balaban J connectivity index is 2.24. The molecular formula is C14H15NOS. The molecule has 2 aromatic rings. The smallest absolute Gasteiger partial charge is 0.222 e. The van der Waals surface area contributed by atoms with E-state index in [4.69, 9.17) is 4.74 Å². The summed E-state index contributed by atoms with van der Waals surface area (Å²) < 4.78 is 5.82. The first-order valence-electron chi connectivity index (χ1n) is 5.59. The van der Waals surface area contributed by atoms with E-state index in [9.17, 15) is 0 Å². The van der Waals surface area contributed by atoms with E-state index in [1.165, 1.54) is 4.90 Å². The van der Waals surface area contributed by atoms with Crippen molar-refractivity contribution in [3.8, 4) is 11.6 Å². The maximum absolute atomic E-state index is 5.82. The molecule has 0 fully saturated rings. The van der Waals surface area contributed by atoms with Crippen LogP contribution in [0.25, 0.3) is 0 Å². The molecule has 0 saturated heterocycles. The average molecular weight is 245 g/mol. The van der Waals surface area contributed by atoms with Crippen LogP contribution in [0.5, 0.6) is 11.6 Å². The molecule has 2 rings (SSSR count). The number of thioether (sulfide) groups is 1. The SMILES string of the molecule is CCc1cccnc1Oc1cccc(SC)c1. The van der Waals surface area contributed by atoms with Crippen LogP contribution < -0.4 is 4.74 Å². The average Bonchev–Trinajstić information content (AvgIpc) is 2.39. The molecule has 0 saturated carbocycles. The van der Waals surface area contributed by atoms with Crippen molar-refractivity contribution >= 4 is 11.8 Å². The molecule has 0 aliphatic heterocycles. The third kappa shape index (κ3) is 3.01. The molecule has 0 radical (unpaired) electrons. The Morgan fingerprint density at radius 1 is 1.24 bits per heavy atom. The molecule has 1 heterocycles. The third-order valence-corrected chi connectivity index (χ3v) is 3.21. The topological polar surface area (TPSA) is 22.1 Å². The second-order valence-electron chi connectivity index (χ2n) is 3.60. The number of hydrogen-bond acceptors (Lipinski definition) is 3. The molecule has 0 N–H and O–H groups in total. The zero-order chi connectivity index (χ0) is 12.1. The van der Waals surface area contributed by atoms with Crippen molar-refractivity contribution in [1.82, 2.24) is 4.98 Å². The zero-order valence-electron chi connectivity index (χ0n) is 10.0. The van der Waals surface area contributed by atoms with E-state index in [2.05, 4.69) is 24.2 Å². The van der Waals surface area contributed by atoms with E-state index in [1.54, 1.807) is 18.0 Å². The van der Waals surface area contributed by atoms with Gasteiger partial charge in [0.15, 0.2) is 0 Å². The van der Waals surface area contributed by atoms with Gasteiger partial charge in [-0.2, -0.15) is 0 Å². The zero-order valence-corrected chi connectivity index (χ0v) is 10.8. The quantitative estimate of drug-likeness (QED) is 0.755. The number of benzene rings is 1. The van der Waals surface area contributed by atoms with Crippen molar-refractivity contribution in [2.45, 2.75) is 18.2 Å². The van der Waals surface area contributed by atoms with Crippen molar-refractivity contribution in [3.63, 3.8) is 0 Å². The fraction of sp³-hybridized carbons (Fsp3) is 0.214. The molecular weight excluding hydrogens is 230 g/mol. The van der Waals surface area contributed by atoms with Crippen LogP contribution in [0.3, 0.4) is 0 Å². The highest BCUT2D eigenvalue weighted by Gasteiger charge is 2.04. The van der Waals surface area contributed by atoms with Gasteiger partial charge in [0.05, 0.1) is 0 Å². The van der Waals surface area contributed by atoms with E-state index in [0.29, 0.717) is 5.88 Å². The van der Waals surface area contributed by atoms with Gasteiger partial charge in [-0.3, -0.25) is 0 Å². The summed E-state index contributed by atoms with van der Waals surface area (Å²) in [5, 5.41) is 0. The van der Waals surface area contributed by atoms with E-state index in [1.807, 2.05) is 30.3 Å². The van der Waals surface area contributed by atoms with Crippen LogP contribution in [0.4, 0.5) is 0 Å². The molecule has 0 amide bonds. The van der Waals surface area contributed by atoms with Gasteiger partial charge < -0.3 is 4.74 Å². The Bertz CT molecular complexity index is 499. The highest BCUT2D eigenvalue weighted by molar-refractivity contribution is 7.98. The second kappa shape index (κ2) is 5.73. The molecule has 0 spiro atoms. The Hall–Kier alpha value is -1.48. The summed E-state index contributed by atoms with van der Waals surface area (Å²) in [5.74, 6) is 1.54. The summed E-state index contributed by atoms with van der Waals surface area (Å²) in [6.07, 6.45) is 4.73. The summed E-state index contributed by atoms with van der Waals surface area (Å²) >= 11 is 1.70. The van der Waals surface area contributed by atoms with Gasteiger partial charge >= 0.3 is 0 Å². The van der Waals surface area contributed by atoms with Crippen molar-refractivity contribution in [2.75, 3.05) is 6.26 Å². The molecule has 0 aliphatic carbocycles. The van der Waals surface area contributed by atoms with Crippen LogP contribution in [-0.2, 0) is 6.42 Å². The minimum absolute atomic E-state index is 0.702. The fourth-order valence-corrected chi connectivity index (χ4v) is 2.01. The lowest BCUT2D eigenvalue weighted by Gasteiger charge is -2.09. The van der Waals surface area contributed by atoms with Crippen LogP contribution in [-0.4, -0.2) is 11.2 Å². The first kappa shape index (κ1) is 12.0. The molecule has 0 aliphatic rings. The van der Waals surface area contributed by atoms with Gasteiger partial charge in [-0.05, 0) is 36.9 Å². The Morgan fingerprint density at radius 2 is 2.12 bits per heavy atom. The normalized spacial score (nSPS) is 10.2. The number of hydrogen-bond donors (Lipinski definition) is 0. The van der Waals surface area contributed by atoms with Gasteiger partial charge in [0, 0.05) is 16.7 Å². The maximum atomic E-state index is 5.82. The van der Waals surface area contributed by atoms with Gasteiger partial charge in [0.2, 0.25) is 5.88 Å². The predicted molar refractivity (Wildman–Crippen MR) is 71.9 cm³/mol. The van der Waals surface area contributed by atoms with Crippen molar-refractivity contribution in [2.24, 2.45) is 0 Å². The number of rotatable bonds is 4. The highest BCUT2D eigenvalue weighted by Crippen LogP contribution is 2.26. The lowest BCUT2D eigenvalue weighted by Crippen LogP contribution is -1.93. The molecule has 2 nitrogen and oxygen atoms in total. The first-order valence-corrected chi connectivity index (χ1v) is 6.81. The van der Waals surface area contributed by atoms with Crippen LogP contribution in [0.2, 0.25) is 0 Å². The minimum atomic E-state index is 0.702. The maximum Gasteiger partial charge on any atom is 0.222 e. The van der Waals surface area contributed by atoms with Crippen LogP contribution >= 0.6 is 11.8 Å². The minimum Gasteiger partial charge on any atom is -0.439 e. The van der Waals surface area contributed by atoms with E-state index >= 15 is 0 Å². The number of nitrogens with zero attached hydrogens (tertiary/aromatic N) is 1. The fourth-order valence-electron chi connectivity index (χ4n) is 1.56. The summed E-state index contributed by atoms with van der Waals surface area (Å²) in [4.78, 5) is 5.46. The molecule has 0 bridgehead atoms. The summed E-state index contributed by atoms with van der Waals surface area (Å²) in [6, 6.07) is 12.0. The Morgan fingerprint density at radius 3 is 2.88 bits per heavy atom. The Kier molecular flexibility index (Phi) is 4.04. The lowest BCUT2D eigenvalue weighted by molar-refractivity contribution is 0.455. The first-order chi connectivity index (χ1) is 8.33. The number of ether oxygens (including phenoxy) is 1. The Labute approximate surface area is 106 Å². The molecule has 3 heteroatoms. The number of aryl methyl sites for hydroxylation is 1. The second-order valence-corrected chi connectivity index (χ2v) is 4.48. The van der Waals surface area contributed by atoms with E-state index < -0.39 is 0 Å². The largest absolute Gasteiger partial charge is 0.439 e. The molecule has 0 atom stereocenters. The van der Waals surface area contributed by atoms with Gasteiger partial charge in [0.25, 0.3) is 0 Å². The predicted octanol–water partition coefficient (Wildman–Crippen LogP) is 4.16. The number of aromatic nitrogens is 1.